The fourth-order valence-electron chi connectivity index (χ4n) is 1.49. The van der Waals surface area contributed by atoms with E-state index in [-0.39, 0.29) is 11.6 Å². The number of hydrogen-bond acceptors (Lipinski definition) is 5. The zero-order valence-corrected chi connectivity index (χ0v) is 10.3. The van der Waals surface area contributed by atoms with E-state index in [0.29, 0.717) is 17.4 Å². The number of pyridine rings is 1. The van der Waals surface area contributed by atoms with E-state index in [0.717, 1.165) is 12.8 Å². The molecule has 20 heavy (non-hydrogen) atoms. The Morgan fingerprint density at radius 2 is 2.35 bits per heavy atom. The summed E-state index contributed by atoms with van der Waals surface area (Å²) in [6, 6.07) is 3.23. The first-order valence-corrected chi connectivity index (χ1v) is 6.02. The molecule has 0 aliphatic heterocycles. The first-order chi connectivity index (χ1) is 9.72. The second-order valence-electron chi connectivity index (χ2n) is 4.32. The second-order valence-corrected chi connectivity index (χ2v) is 4.32. The molecular weight excluding hydrogens is 260 g/mol. The van der Waals surface area contributed by atoms with Gasteiger partial charge in [0, 0.05) is 18.2 Å². The lowest BCUT2D eigenvalue weighted by Crippen LogP contribution is -2.00. The van der Waals surface area contributed by atoms with E-state index >= 15 is 0 Å². The van der Waals surface area contributed by atoms with E-state index < -0.39 is 5.97 Å². The average molecular weight is 270 g/mol. The lowest BCUT2D eigenvalue weighted by Gasteiger charge is -2.02. The van der Waals surface area contributed by atoms with Crippen LogP contribution in [0.15, 0.2) is 18.3 Å². The second kappa shape index (κ2) is 5.01. The number of aromatic amines is 1. The predicted octanol–water partition coefficient (Wildman–Crippen LogP) is 1.45. The Kier molecular flexibility index (Phi) is 3.05. The largest absolute Gasteiger partial charge is 0.476 e. The Hall–Kier alpha value is -2.88. The summed E-state index contributed by atoms with van der Waals surface area (Å²) < 4.78 is 5.38. The van der Waals surface area contributed by atoms with Gasteiger partial charge in [0.2, 0.25) is 5.69 Å². The Morgan fingerprint density at radius 3 is 3.10 bits per heavy atom. The van der Waals surface area contributed by atoms with Gasteiger partial charge in [0.15, 0.2) is 0 Å². The van der Waals surface area contributed by atoms with Crippen LogP contribution in [0, 0.1) is 17.8 Å². The minimum absolute atomic E-state index is 0.0928. The van der Waals surface area contributed by atoms with Gasteiger partial charge in [-0.1, -0.05) is 16.2 Å². The molecule has 0 bridgehead atoms. The van der Waals surface area contributed by atoms with Gasteiger partial charge in [-0.05, 0) is 24.8 Å². The third-order valence-corrected chi connectivity index (χ3v) is 2.66. The van der Waals surface area contributed by atoms with Gasteiger partial charge in [-0.3, -0.25) is 0 Å². The van der Waals surface area contributed by atoms with Crippen LogP contribution >= 0.6 is 0 Å². The smallest absolute Gasteiger partial charge is 0.359 e. The number of carbonyl (C=O) groups is 1. The molecule has 1 aliphatic rings. The van der Waals surface area contributed by atoms with Crippen LogP contribution in [0.1, 0.15) is 29.0 Å². The van der Waals surface area contributed by atoms with Crippen molar-refractivity contribution in [2.24, 2.45) is 5.92 Å². The molecule has 1 saturated carbocycles. The van der Waals surface area contributed by atoms with Gasteiger partial charge in [-0.25, -0.2) is 14.9 Å². The maximum absolute atomic E-state index is 10.9. The number of rotatable bonds is 3. The fraction of sp³-hybridized carbons (Fsp3) is 0.231. The maximum Gasteiger partial charge on any atom is 0.359 e. The molecule has 0 saturated heterocycles. The lowest BCUT2D eigenvalue weighted by molar-refractivity contribution is 0.0687. The molecule has 1 aliphatic carbocycles. The Balaban J connectivity index is 1.80. The van der Waals surface area contributed by atoms with Crippen molar-refractivity contribution in [2.45, 2.75) is 12.8 Å². The molecule has 2 N–H and O–H groups in total. The van der Waals surface area contributed by atoms with Crippen LogP contribution in [-0.2, 0) is 0 Å². The van der Waals surface area contributed by atoms with E-state index in [9.17, 15) is 4.79 Å². The zero-order chi connectivity index (χ0) is 13.9. The van der Waals surface area contributed by atoms with Crippen LogP contribution in [0.25, 0.3) is 0 Å². The quantitative estimate of drug-likeness (QED) is 0.818. The Morgan fingerprint density at radius 1 is 1.50 bits per heavy atom. The minimum Gasteiger partial charge on any atom is -0.476 e. The zero-order valence-electron chi connectivity index (χ0n) is 10.3. The van der Waals surface area contributed by atoms with Gasteiger partial charge in [0.1, 0.15) is 11.4 Å². The molecule has 2 heterocycles. The maximum atomic E-state index is 10.9. The van der Waals surface area contributed by atoms with Crippen molar-refractivity contribution in [3.8, 4) is 23.5 Å². The first kappa shape index (κ1) is 12.2. The molecule has 2 aromatic rings. The minimum atomic E-state index is -1.19. The monoisotopic (exact) mass is 270 g/mol. The van der Waals surface area contributed by atoms with Crippen LogP contribution in [0.4, 0.5) is 0 Å². The summed E-state index contributed by atoms with van der Waals surface area (Å²) in [5.74, 6) is 5.67. The third-order valence-electron chi connectivity index (χ3n) is 2.66. The highest BCUT2D eigenvalue weighted by atomic mass is 16.5. The van der Waals surface area contributed by atoms with Crippen molar-refractivity contribution in [1.29, 1.82) is 0 Å². The van der Waals surface area contributed by atoms with Crippen molar-refractivity contribution in [3.63, 3.8) is 0 Å². The molecule has 0 atom stereocenters. The standard InChI is InChI=1S/C13H10N4O3/c18-13(19)11-12(16-17-15-11)20-10-5-6-14-9(7-10)4-3-8-1-2-8/h5-8H,1-2H2,(H,18,19)(H,15,16,17). The number of aromatic carboxylic acids is 1. The molecule has 7 nitrogen and oxygen atoms in total. The number of hydrogen-bond donors (Lipinski definition) is 2. The highest BCUT2D eigenvalue weighted by Crippen LogP contribution is 2.27. The van der Waals surface area contributed by atoms with Crippen molar-refractivity contribution >= 4 is 5.97 Å². The average Bonchev–Trinajstić information content (AvgIpc) is 3.15. The summed E-state index contributed by atoms with van der Waals surface area (Å²) in [6.07, 6.45) is 3.83. The van der Waals surface area contributed by atoms with Crippen LogP contribution in [0.3, 0.4) is 0 Å². The number of nitrogens with zero attached hydrogens (tertiary/aromatic N) is 3. The highest BCUT2D eigenvalue weighted by molar-refractivity contribution is 5.87. The molecule has 3 rings (SSSR count). The van der Waals surface area contributed by atoms with Crippen LogP contribution in [0.2, 0.25) is 0 Å². The fourth-order valence-corrected chi connectivity index (χ4v) is 1.49. The molecule has 0 radical (unpaired) electrons. The van der Waals surface area contributed by atoms with E-state index in [4.69, 9.17) is 9.84 Å². The molecule has 0 unspecified atom stereocenters. The molecule has 100 valence electrons. The van der Waals surface area contributed by atoms with Gasteiger partial charge < -0.3 is 9.84 Å². The summed E-state index contributed by atoms with van der Waals surface area (Å²) in [7, 11) is 0. The van der Waals surface area contributed by atoms with Gasteiger partial charge >= 0.3 is 5.97 Å². The van der Waals surface area contributed by atoms with Crippen LogP contribution < -0.4 is 4.74 Å². The molecule has 7 heteroatoms. The van der Waals surface area contributed by atoms with Gasteiger partial charge in [-0.15, -0.1) is 0 Å². The number of ether oxygens (including phenoxy) is 1. The lowest BCUT2D eigenvalue weighted by atomic mass is 10.3. The highest BCUT2D eigenvalue weighted by Gasteiger charge is 2.18. The molecular formula is C13H10N4O3. The molecule has 1 fully saturated rings. The van der Waals surface area contributed by atoms with Gasteiger partial charge in [0.05, 0.1) is 0 Å². The van der Waals surface area contributed by atoms with Crippen molar-refractivity contribution in [1.82, 2.24) is 20.4 Å². The van der Waals surface area contributed by atoms with Crippen LogP contribution in [-0.4, -0.2) is 31.5 Å². The van der Waals surface area contributed by atoms with E-state index in [1.165, 1.54) is 0 Å². The normalized spacial score (nSPS) is 13.4. The van der Waals surface area contributed by atoms with Crippen molar-refractivity contribution < 1.29 is 14.6 Å². The van der Waals surface area contributed by atoms with Gasteiger partial charge in [-0.2, -0.15) is 0 Å². The number of carboxylic acids is 1. The number of H-pyrrole nitrogens is 1. The molecule has 0 spiro atoms. The van der Waals surface area contributed by atoms with E-state index in [2.05, 4.69) is 32.2 Å². The summed E-state index contributed by atoms with van der Waals surface area (Å²) in [5, 5.41) is 18.2. The Bertz CT molecular complexity index is 710. The molecule has 2 aromatic heterocycles. The van der Waals surface area contributed by atoms with E-state index in [1.54, 1.807) is 18.3 Å². The number of aromatic nitrogens is 4. The van der Waals surface area contributed by atoms with Crippen LogP contribution in [0.5, 0.6) is 11.6 Å². The Labute approximate surface area is 114 Å². The number of carboxylic acid groups (broad SMARTS) is 1. The predicted molar refractivity (Wildman–Crippen MR) is 67.3 cm³/mol. The summed E-state index contributed by atoms with van der Waals surface area (Å²) in [6.45, 7) is 0. The third kappa shape index (κ3) is 2.75. The van der Waals surface area contributed by atoms with E-state index in [1.807, 2.05) is 0 Å². The summed E-state index contributed by atoms with van der Waals surface area (Å²) in [5.41, 5.74) is 0.377. The SMILES string of the molecule is O=C(O)c1[nH]nnc1Oc1ccnc(C#CC2CC2)c1. The summed E-state index contributed by atoms with van der Waals surface area (Å²) in [4.78, 5) is 15.0. The molecule has 0 amide bonds. The first-order valence-electron chi connectivity index (χ1n) is 6.02. The van der Waals surface area contributed by atoms with Crippen molar-refractivity contribution in [3.05, 3.63) is 29.7 Å². The molecule has 0 aromatic carbocycles. The topological polar surface area (TPSA) is 101 Å². The summed E-state index contributed by atoms with van der Waals surface area (Å²) >= 11 is 0. The van der Waals surface area contributed by atoms with Gasteiger partial charge in [0.25, 0.3) is 5.88 Å². The van der Waals surface area contributed by atoms with Crippen molar-refractivity contribution in [2.75, 3.05) is 0 Å². The number of nitrogens with one attached hydrogen (secondary N) is 1.